The Morgan fingerprint density at radius 2 is 1.38 bits per heavy atom. The van der Waals surface area contributed by atoms with E-state index in [1.54, 1.807) is 84.9 Å². The maximum absolute atomic E-state index is 14.2. The van der Waals surface area contributed by atoms with E-state index in [9.17, 15) is 29.4 Å². The van der Waals surface area contributed by atoms with Crippen molar-refractivity contribution in [3.8, 4) is 5.75 Å². The Kier molecular flexibility index (Phi) is 15.9. The standard InChI is InChI=1S/C46H54N2O7S/c1-3-4-18-29-46(2,54)31-56-42-36(39(49)30-40(42)50)25-13-7-12-24-35(34-23-14-15-26-37(34)47-43(51)32-19-8-5-9-20-32)45(53)55-41-28-17-16-27-38(41)48-44(52)33-21-10-6-11-22-33/h5-6,8-11,14-17,19-23,26-28,35-36,40,42,50,54H,3-4,7,12-13,18,24-25,29-31H2,1-2H3,(H,47,51)(H,48,52)/t35?,36-,40+,42+,46?/m0/s1. The van der Waals surface area contributed by atoms with Gasteiger partial charge in [0.1, 0.15) is 5.78 Å². The predicted molar refractivity (Wildman–Crippen MR) is 223 cm³/mol. The number of ketones is 1. The molecule has 1 aliphatic rings. The molecular formula is C46H54N2O7S. The van der Waals surface area contributed by atoms with Gasteiger partial charge in [0.15, 0.2) is 5.75 Å². The maximum Gasteiger partial charge on any atom is 0.318 e. The number of benzene rings is 4. The number of thioether (sulfide) groups is 1. The van der Waals surface area contributed by atoms with E-state index >= 15 is 0 Å². The molecule has 4 N–H and O–H groups in total. The minimum Gasteiger partial charge on any atom is -0.424 e. The highest BCUT2D eigenvalue weighted by Crippen LogP contribution is 2.39. The summed E-state index contributed by atoms with van der Waals surface area (Å²) in [6.45, 7) is 3.96. The fourth-order valence-electron chi connectivity index (χ4n) is 7.19. The Balaban J connectivity index is 1.28. The third-order valence-corrected chi connectivity index (χ3v) is 12.1. The second-order valence-corrected chi connectivity index (χ2v) is 16.1. The van der Waals surface area contributed by atoms with Crippen molar-refractivity contribution in [2.75, 3.05) is 16.4 Å². The van der Waals surface area contributed by atoms with Crippen molar-refractivity contribution in [2.45, 2.75) is 101 Å². The summed E-state index contributed by atoms with van der Waals surface area (Å²) < 4.78 is 6.04. The quantitative estimate of drug-likeness (QED) is 0.0395. The van der Waals surface area contributed by atoms with E-state index in [1.807, 2.05) is 31.2 Å². The number of carbonyl (C=O) groups excluding carboxylic acids is 4. The van der Waals surface area contributed by atoms with Gasteiger partial charge in [0.25, 0.3) is 11.8 Å². The van der Waals surface area contributed by atoms with Gasteiger partial charge in [0, 0.05) is 40.2 Å². The molecule has 1 fully saturated rings. The van der Waals surface area contributed by atoms with Crippen molar-refractivity contribution >= 4 is 46.7 Å². The van der Waals surface area contributed by atoms with Crippen molar-refractivity contribution in [1.82, 2.24) is 0 Å². The fraction of sp³-hybridized carbons (Fsp3) is 0.391. The second-order valence-electron chi connectivity index (χ2n) is 14.9. The van der Waals surface area contributed by atoms with Crippen LogP contribution < -0.4 is 15.4 Å². The summed E-state index contributed by atoms with van der Waals surface area (Å²) in [5.41, 5.74) is 1.52. The molecule has 9 nitrogen and oxygen atoms in total. The first-order chi connectivity index (χ1) is 27.1. The number of para-hydroxylation sites is 3. The number of unbranched alkanes of at least 4 members (excludes halogenated alkanes) is 4. The number of esters is 1. The Morgan fingerprint density at radius 3 is 2.04 bits per heavy atom. The lowest BCUT2D eigenvalue weighted by atomic mass is 9.90. The zero-order valence-corrected chi connectivity index (χ0v) is 33.1. The van der Waals surface area contributed by atoms with Gasteiger partial charge in [0.05, 0.1) is 23.3 Å². The summed E-state index contributed by atoms with van der Waals surface area (Å²) in [5.74, 6) is -1.53. The molecule has 10 heteroatoms. The second kappa shape index (κ2) is 20.9. The maximum atomic E-state index is 14.2. The van der Waals surface area contributed by atoms with E-state index in [1.165, 1.54) is 11.8 Å². The minimum atomic E-state index is -0.857. The lowest BCUT2D eigenvalue weighted by Crippen LogP contribution is -2.32. The summed E-state index contributed by atoms with van der Waals surface area (Å²) >= 11 is 1.51. The van der Waals surface area contributed by atoms with Crippen molar-refractivity contribution in [2.24, 2.45) is 5.92 Å². The van der Waals surface area contributed by atoms with Crippen LogP contribution in [0.2, 0.25) is 0 Å². The number of hydrogen-bond donors (Lipinski definition) is 4. The Morgan fingerprint density at radius 1 is 0.786 bits per heavy atom. The summed E-state index contributed by atoms with van der Waals surface area (Å²) in [5, 5.41) is 27.3. The highest BCUT2D eigenvalue weighted by atomic mass is 32.2. The van der Waals surface area contributed by atoms with Crippen LogP contribution >= 0.6 is 11.8 Å². The van der Waals surface area contributed by atoms with Crippen LogP contribution in [0.4, 0.5) is 11.4 Å². The van der Waals surface area contributed by atoms with Gasteiger partial charge in [-0.15, -0.1) is 0 Å². The van der Waals surface area contributed by atoms with E-state index in [-0.39, 0.29) is 40.9 Å². The molecule has 0 saturated heterocycles. The third kappa shape index (κ3) is 12.1. The molecule has 1 saturated carbocycles. The molecule has 0 bridgehead atoms. The molecule has 56 heavy (non-hydrogen) atoms. The van der Waals surface area contributed by atoms with Crippen LogP contribution in [0.1, 0.15) is 110 Å². The highest BCUT2D eigenvalue weighted by Gasteiger charge is 2.42. The first kappa shape index (κ1) is 42.4. The average molecular weight is 779 g/mol. The zero-order chi connectivity index (χ0) is 39.9. The Bertz CT molecular complexity index is 1900. The molecule has 1 aliphatic carbocycles. The van der Waals surface area contributed by atoms with Gasteiger partial charge in [-0.3, -0.25) is 19.2 Å². The fourth-order valence-corrected chi connectivity index (χ4v) is 8.73. The van der Waals surface area contributed by atoms with E-state index in [2.05, 4.69) is 17.6 Å². The van der Waals surface area contributed by atoms with Gasteiger partial charge in [-0.1, -0.05) is 112 Å². The Hall–Kier alpha value is -4.77. The molecule has 296 valence electrons. The van der Waals surface area contributed by atoms with Crippen LogP contribution in [0.25, 0.3) is 0 Å². The molecule has 5 atom stereocenters. The minimum absolute atomic E-state index is 0.0585. The number of hydrogen-bond acceptors (Lipinski definition) is 8. The van der Waals surface area contributed by atoms with Crippen molar-refractivity contribution in [3.05, 3.63) is 126 Å². The normalized spacial score (nSPS) is 18.1. The van der Waals surface area contributed by atoms with Gasteiger partial charge in [0.2, 0.25) is 0 Å². The predicted octanol–water partition coefficient (Wildman–Crippen LogP) is 9.21. The molecule has 2 unspecified atom stereocenters. The SMILES string of the molecule is CCCCCC(C)(O)CS[C@H]1[C@H](O)CC(=O)[C@@H]1CCCCCC(C(=O)Oc1ccccc1NC(=O)c1ccccc1)c1ccccc1NC(=O)c1ccccc1. The monoisotopic (exact) mass is 778 g/mol. The van der Waals surface area contributed by atoms with E-state index in [0.717, 1.165) is 32.1 Å². The molecule has 0 spiro atoms. The topological polar surface area (TPSA) is 142 Å². The van der Waals surface area contributed by atoms with E-state index in [4.69, 9.17) is 4.74 Å². The molecule has 4 aromatic rings. The largest absolute Gasteiger partial charge is 0.424 e. The first-order valence-corrected chi connectivity index (χ1v) is 20.8. The van der Waals surface area contributed by atoms with E-state index < -0.39 is 23.6 Å². The van der Waals surface area contributed by atoms with Crippen molar-refractivity contribution in [1.29, 1.82) is 0 Å². The molecule has 2 amide bonds. The number of Topliss-reactive ketones (excluding diaryl/α,β-unsaturated/α-hetero) is 1. The summed E-state index contributed by atoms with van der Waals surface area (Å²) in [7, 11) is 0. The van der Waals surface area contributed by atoms with Crippen molar-refractivity contribution < 1.29 is 34.1 Å². The van der Waals surface area contributed by atoms with Gasteiger partial charge >= 0.3 is 5.97 Å². The third-order valence-electron chi connectivity index (χ3n) is 10.3. The van der Waals surface area contributed by atoms with Crippen LogP contribution in [0.3, 0.4) is 0 Å². The molecular weight excluding hydrogens is 725 g/mol. The van der Waals surface area contributed by atoms with Crippen molar-refractivity contribution in [3.63, 3.8) is 0 Å². The molecule has 0 aliphatic heterocycles. The number of anilines is 2. The number of aliphatic hydroxyl groups excluding tert-OH is 1. The lowest BCUT2D eigenvalue weighted by molar-refractivity contribution is -0.136. The van der Waals surface area contributed by atoms with Gasteiger partial charge in [-0.2, -0.15) is 11.8 Å². The molecule has 0 aromatic heterocycles. The molecule has 0 heterocycles. The molecule has 5 rings (SSSR count). The molecule has 4 aromatic carbocycles. The number of nitrogens with one attached hydrogen (secondary N) is 2. The van der Waals surface area contributed by atoms with Crippen LogP contribution in [-0.4, -0.2) is 56.5 Å². The van der Waals surface area contributed by atoms with Gasteiger partial charge in [-0.25, -0.2) is 0 Å². The molecule has 0 radical (unpaired) electrons. The number of rotatable bonds is 20. The van der Waals surface area contributed by atoms with Crippen LogP contribution in [0.5, 0.6) is 5.75 Å². The van der Waals surface area contributed by atoms with Gasteiger partial charge < -0.3 is 25.6 Å². The number of carbonyl (C=O) groups is 4. The summed E-state index contributed by atoms with van der Waals surface area (Å²) in [6, 6.07) is 31.6. The summed E-state index contributed by atoms with van der Waals surface area (Å²) in [6.07, 6.45) is 6.23. The van der Waals surface area contributed by atoms with Crippen LogP contribution in [0.15, 0.2) is 109 Å². The van der Waals surface area contributed by atoms with Crippen LogP contribution in [0, 0.1) is 5.92 Å². The first-order valence-electron chi connectivity index (χ1n) is 19.7. The summed E-state index contributed by atoms with van der Waals surface area (Å²) in [4.78, 5) is 53.5. The van der Waals surface area contributed by atoms with Crippen LogP contribution in [-0.2, 0) is 9.59 Å². The number of amides is 2. The van der Waals surface area contributed by atoms with E-state index in [0.29, 0.717) is 59.5 Å². The number of ether oxygens (including phenoxy) is 1. The highest BCUT2D eigenvalue weighted by molar-refractivity contribution is 8.00. The smallest absolute Gasteiger partial charge is 0.318 e. The average Bonchev–Trinajstić information content (AvgIpc) is 3.47. The number of aliphatic hydroxyl groups is 2. The Labute approximate surface area is 334 Å². The van der Waals surface area contributed by atoms with Gasteiger partial charge in [-0.05, 0) is 74.2 Å². The zero-order valence-electron chi connectivity index (χ0n) is 32.3. The lowest BCUT2D eigenvalue weighted by Gasteiger charge is -2.27.